The van der Waals surface area contributed by atoms with Gasteiger partial charge in [0.15, 0.2) is 5.78 Å². The molecule has 0 atom stereocenters. The van der Waals surface area contributed by atoms with Gasteiger partial charge in [0.25, 0.3) is 0 Å². The Kier molecular flexibility index (Phi) is 4.15. The Morgan fingerprint density at radius 1 is 1.11 bits per heavy atom. The van der Waals surface area contributed by atoms with Gasteiger partial charge in [0.1, 0.15) is 0 Å². The molecule has 0 spiro atoms. The lowest BCUT2D eigenvalue weighted by atomic mass is 10.1. The van der Waals surface area contributed by atoms with Gasteiger partial charge in [-0.1, -0.05) is 20.8 Å². The molecule has 0 saturated carbocycles. The molecule has 2 aromatic rings. The lowest BCUT2D eigenvalue weighted by Gasteiger charge is -2.06. The predicted molar refractivity (Wildman–Crippen MR) is 76.9 cm³/mol. The van der Waals surface area contributed by atoms with E-state index in [4.69, 9.17) is 0 Å². The number of hydrogen-bond donors (Lipinski definition) is 0. The summed E-state index contributed by atoms with van der Waals surface area (Å²) in [6.07, 6.45) is 2.43. The molecular weight excluding hydrogens is 236 g/mol. The van der Waals surface area contributed by atoms with Crippen LogP contribution >= 0.6 is 0 Å². The number of aromatic nitrogens is 2. The number of aryl methyl sites for hydroxylation is 2. The summed E-state index contributed by atoms with van der Waals surface area (Å²) >= 11 is 0. The summed E-state index contributed by atoms with van der Waals surface area (Å²) in [6, 6.07) is 9.84. The second-order valence-corrected chi connectivity index (χ2v) is 4.57. The molecule has 0 radical (unpaired) electrons. The second-order valence-electron chi connectivity index (χ2n) is 4.57. The van der Waals surface area contributed by atoms with Crippen molar-refractivity contribution in [1.29, 1.82) is 0 Å². The maximum absolute atomic E-state index is 11.6. The SMILES string of the molecule is CCC(=O)c1ccc(-n2nc(CC)cc2CC)cc1. The molecule has 3 nitrogen and oxygen atoms in total. The van der Waals surface area contributed by atoms with Crippen LogP contribution in [0.3, 0.4) is 0 Å². The van der Waals surface area contributed by atoms with Crippen LogP contribution in [0.2, 0.25) is 0 Å². The van der Waals surface area contributed by atoms with Gasteiger partial charge in [-0.15, -0.1) is 0 Å². The number of benzene rings is 1. The summed E-state index contributed by atoms with van der Waals surface area (Å²) in [7, 11) is 0. The van der Waals surface area contributed by atoms with E-state index < -0.39 is 0 Å². The minimum absolute atomic E-state index is 0.178. The zero-order valence-corrected chi connectivity index (χ0v) is 11.8. The highest BCUT2D eigenvalue weighted by Crippen LogP contribution is 2.15. The van der Waals surface area contributed by atoms with E-state index in [1.807, 2.05) is 35.9 Å². The first kappa shape index (κ1) is 13.5. The molecule has 0 aliphatic carbocycles. The van der Waals surface area contributed by atoms with Crippen LogP contribution in [0.5, 0.6) is 0 Å². The van der Waals surface area contributed by atoms with Crippen molar-refractivity contribution in [2.75, 3.05) is 0 Å². The third-order valence-electron chi connectivity index (χ3n) is 3.31. The summed E-state index contributed by atoms with van der Waals surface area (Å²) in [6.45, 7) is 6.11. The number of carbonyl (C=O) groups excluding carboxylic acids is 1. The molecule has 1 aromatic heterocycles. The van der Waals surface area contributed by atoms with Gasteiger partial charge < -0.3 is 0 Å². The van der Waals surface area contributed by atoms with Crippen LogP contribution in [0.25, 0.3) is 5.69 Å². The number of ketones is 1. The minimum Gasteiger partial charge on any atom is -0.294 e. The summed E-state index contributed by atoms with van der Waals surface area (Å²) in [5, 5.41) is 4.60. The molecule has 100 valence electrons. The summed E-state index contributed by atoms with van der Waals surface area (Å²) in [5.41, 5.74) is 4.09. The first-order chi connectivity index (χ1) is 9.19. The van der Waals surface area contributed by atoms with Crippen molar-refractivity contribution in [2.45, 2.75) is 40.0 Å². The van der Waals surface area contributed by atoms with Crippen molar-refractivity contribution in [3.05, 3.63) is 47.3 Å². The summed E-state index contributed by atoms with van der Waals surface area (Å²) in [4.78, 5) is 11.6. The third kappa shape index (κ3) is 2.75. The Labute approximate surface area is 114 Å². The van der Waals surface area contributed by atoms with Gasteiger partial charge in [0, 0.05) is 17.7 Å². The van der Waals surface area contributed by atoms with Crippen molar-refractivity contribution in [1.82, 2.24) is 9.78 Å². The quantitative estimate of drug-likeness (QED) is 0.766. The van der Waals surface area contributed by atoms with E-state index in [0.717, 1.165) is 29.8 Å². The summed E-state index contributed by atoms with van der Waals surface area (Å²) in [5.74, 6) is 0.178. The predicted octanol–water partition coefficient (Wildman–Crippen LogP) is 3.59. The molecule has 1 heterocycles. The van der Waals surface area contributed by atoms with E-state index in [-0.39, 0.29) is 5.78 Å². The zero-order chi connectivity index (χ0) is 13.8. The van der Waals surface area contributed by atoms with Crippen LogP contribution in [0, 0.1) is 0 Å². The topological polar surface area (TPSA) is 34.9 Å². The van der Waals surface area contributed by atoms with E-state index >= 15 is 0 Å². The van der Waals surface area contributed by atoms with Crippen molar-refractivity contribution < 1.29 is 4.79 Å². The summed E-state index contributed by atoms with van der Waals surface area (Å²) < 4.78 is 1.97. The normalized spacial score (nSPS) is 10.7. The molecule has 0 fully saturated rings. The van der Waals surface area contributed by atoms with Crippen LogP contribution in [0.4, 0.5) is 0 Å². The van der Waals surface area contributed by atoms with Crippen LogP contribution in [-0.2, 0) is 12.8 Å². The number of Topliss-reactive ketones (excluding diaryl/α,β-unsaturated/α-hetero) is 1. The van der Waals surface area contributed by atoms with E-state index in [1.54, 1.807) is 0 Å². The third-order valence-corrected chi connectivity index (χ3v) is 3.31. The molecule has 0 aliphatic rings. The molecule has 0 saturated heterocycles. The molecule has 0 N–H and O–H groups in total. The van der Waals surface area contributed by atoms with Gasteiger partial charge >= 0.3 is 0 Å². The van der Waals surface area contributed by atoms with Gasteiger partial charge in [0.2, 0.25) is 0 Å². The van der Waals surface area contributed by atoms with Crippen molar-refractivity contribution >= 4 is 5.78 Å². The first-order valence-electron chi connectivity index (χ1n) is 6.91. The van der Waals surface area contributed by atoms with Gasteiger partial charge in [0.05, 0.1) is 11.4 Å². The maximum Gasteiger partial charge on any atom is 0.162 e. The van der Waals surface area contributed by atoms with Crippen LogP contribution in [0.15, 0.2) is 30.3 Å². The zero-order valence-electron chi connectivity index (χ0n) is 11.8. The highest BCUT2D eigenvalue weighted by atomic mass is 16.1. The van der Waals surface area contributed by atoms with E-state index in [2.05, 4.69) is 25.0 Å². The average molecular weight is 256 g/mol. The van der Waals surface area contributed by atoms with E-state index in [9.17, 15) is 4.79 Å². The average Bonchev–Trinajstić information content (AvgIpc) is 2.90. The molecule has 0 unspecified atom stereocenters. The fraction of sp³-hybridized carbons (Fsp3) is 0.375. The second kappa shape index (κ2) is 5.83. The van der Waals surface area contributed by atoms with Crippen molar-refractivity contribution in [2.24, 2.45) is 0 Å². The molecule has 1 aromatic carbocycles. The van der Waals surface area contributed by atoms with Gasteiger partial charge in [-0.3, -0.25) is 4.79 Å². The van der Waals surface area contributed by atoms with E-state index in [1.165, 1.54) is 5.69 Å². The van der Waals surface area contributed by atoms with Crippen LogP contribution in [0.1, 0.15) is 48.9 Å². The molecule has 2 rings (SSSR count). The standard InChI is InChI=1S/C16H20N2O/c1-4-13-11-14(5-2)18(17-13)15-9-7-12(8-10-15)16(19)6-3/h7-11H,4-6H2,1-3H3. The number of hydrogen-bond acceptors (Lipinski definition) is 2. The maximum atomic E-state index is 11.6. The molecule has 3 heteroatoms. The van der Waals surface area contributed by atoms with Gasteiger partial charge in [-0.05, 0) is 43.2 Å². The lowest BCUT2D eigenvalue weighted by Crippen LogP contribution is -2.03. The fourth-order valence-corrected chi connectivity index (χ4v) is 2.12. The Balaban J connectivity index is 2.36. The largest absolute Gasteiger partial charge is 0.294 e. The number of carbonyl (C=O) groups is 1. The smallest absolute Gasteiger partial charge is 0.162 e. The highest BCUT2D eigenvalue weighted by molar-refractivity contribution is 5.95. The van der Waals surface area contributed by atoms with Crippen LogP contribution in [-0.4, -0.2) is 15.6 Å². The molecule has 0 bridgehead atoms. The lowest BCUT2D eigenvalue weighted by molar-refractivity contribution is 0.0988. The fourth-order valence-electron chi connectivity index (χ4n) is 2.12. The molecule has 0 aliphatic heterocycles. The Hall–Kier alpha value is -1.90. The highest BCUT2D eigenvalue weighted by Gasteiger charge is 2.08. The molecule has 19 heavy (non-hydrogen) atoms. The van der Waals surface area contributed by atoms with Crippen molar-refractivity contribution in [3.63, 3.8) is 0 Å². The Bertz CT molecular complexity index is 567. The molecule has 0 amide bonds. The van der Waals surface area contributed by atoms with Gasteiger partial charge in [-0.25, -0.2) is 4.68 Å². The van der Waals surface area contributed by atoms with E-state index in [0.29, 0.717) is 6.42 Å². The first-order valence-corrected chi connectivity index (χ1v) is 6.91. The van der Waals surface area contributed by atoms with Gasteiger partial charge in [-0.2, -0.15) is 5.10 Å². The van der Waals surface area contributed by atoms with Crippen molar-refractivity contribution in [3.8, 4) is 5.69 Å². The van der Waals surface area contributed by atoms with Crippen LogP contribution < -0.4 is 0 Å². The Morgan fingerprint density at radius 2 is 1.79 bits per heavy atom. The molecular formula is C16H20N2O. The monoisotopic (exact) mass is 256 g/mol. The number of rotatable bonds is 5. The number of nitrogens with zero attached hydrogens (tertiary/aromatic N) is 2. The Morgan fingerprint density at radius 3 is 2.32 bits per heavy atom. The minimum atomic E-state index is 0.178.